The molecular weight excluding hydrogens is 216 g/mol. The Morgan fingerprint density at radius 2 is 2.35 bits per heavy atom. The molecule has 4 nitrogen and oxygen atoms in total. The fourth-order valence-corrected chi connectivity index (χ4v) is 2.58. The molecule has 4 heteroatoms. The van der Waals surface area contributed by atoms with E-state index in [1.165, 1.54) is 0 Å². The molecular formula is C13H18N2O2. The lowest BCUT2D eigenvalue weighted by molar-refractivity contribution is 0.164. The van der Waals surface area contributed by atoms with Gasteiger partial charge in [0, 0.05) is 12.0 Å². The average molecular weight is 234 g/mol. The van der Waals surface area contributed by atoms with E-state index in [0.717, 1.165) is 36.9 Å². The van der Waals surface area contributed by atoms with Crippen molar-refractivity contribution < 1.29 is 9.47 Å². The Balaban J connectivity index is 1.99. The largest absolute Gasteiger partial charge is 0.495 e. The first-order valence-corrected chi connectivity index (χ1v) is 5.98. The molecule has 2 N–H and O–H groups in total. The number of fused-ring (bicyclic) bond motifs is 2. The molecule has 0 bridgehead atoms. The van der Waals surface area contributed by atoms with Crippen molar-refractivity contribution in [1.29, 1.82) is 0 Å². The highest BCUT2D eigenvalue weighted by molar-refractivity contribution is 5.76. The lowest BCUT2D eigenvalue weighted by Gasteiger charge is -2.27. The molecule has 2 atom stereocenters. The predicted octanol–water partition coefficient (Wildman–Crippen LogP) is 1.94. The van der Waals surface area contributed by atoms with Gasteiger partial charge in [-0.3, -0.25) is 0 Å². The summed E-state index contributed by atoms with van der Waals surface area (Å²) in [5.74, 6) is 0.888. The molecule has 0 spiro atoms. The second kappa shape index (κ2) is 3.81. The second-order valence-corrected chi connectivity index (χ2v) is 5.10. The molecule has 2 aliphatic rings. The summed E-state index contributed by atoms with van der Waals surface area (Å²) in [4.78, 5) is 0. The Bertz CT molecular complexity index is 435. The number of methoxy groups -OCH3 is 1. The smallest absolute Gasteiger partial charge is 0.144 e. The molecule has 0 aliphatic carbocycles. The molecule has 1 saturated heterocycles. The fraction of sp³-hybridized carbons (Fsp3) is 0.538. The Morgan fingerprint density at radius 1 is 1.47 bits per heavy atom. The molecule has 1 aromatic carbocycles. The van der Waals surface area contributed by atoms with E-state index in [9.17, 15) is 0 Å². The van der Waals surface area contributed by atoms with Crippen LogP contribution in [0.4, 0.5) is 11.4 Å². The number of para-hydroxylation sites is 1. The zero-order valence-electron chi connectivity index (χ0n) is 10.2. The zero-order chi connectivity index (χ0) is 11.9. The van der Waals surface area contributed by atoms with Gasteiger partial charge < -0.3 is 20.1 Å². The lowest BCUT2D eigenvalue weighted by atomic mass is 9.85. The Hall–Kier alpha value is -1.42. The molecule has 0 radical (unpaired) electrons. The highest BCUT2D eigenvalue weighted by atomic mass is 16.5. The number of benzene rings is 1. The van der Waals surface area contributed by atoms with Crippen molar-refractivity contribution in [1.82, 2.24) is 0 Å². The minimum Gasteiger partial charge on any atom is -0.495 e. The lowest BCUT2D eigenvalue weighted by Crippen LogP contribution is -2.40. The normalized spacial score (nSPS) is 30.6. The number of rotatable bonds is 1. The molecule has 1 fully saturated rings. The van der Waals surface area contributed by atoms with Crippen molar-refractivity contribution in [2.24, 2.45) is 5.41 Å². The van der Waals surface area contributed by atoms with Crippen LogP contribution in [0.5, 0.6) is 5.75 Å². The quantitative estimate of drug-likeness (QED) is 0.779. The molecule has 2 heterocycles. The number of nitrogens with one attached hydrogen (secondary N) is 2. The topological polar surface area (TPSA) is 42.5 Å². The average Bonchev–Trinajstić information content (AvgIpc) is 2.63. The van der Waals surface area contributed by atoms with E-state index < -0.39 is 0 Å². The van der Waals surface area contributed by atoms with Crippen LogP contribution in [0.25, 0.3) is 0 Å². The molecule has 2 unspecified atom stereocenters. The van der Waals surface area contributed by atoms with E-state index in [0.29, 0.717) is 6.04 Å². The summed E-state index contributed by atoms with van der Waals surface area (Å²) in [6.07, 6.45) is 0. The minimum atomic E-state index is 0.143. The highest BCUT2D eigenvalue weighted by Crippen LogP contribution is 2.40. The van der Waals surface area contributed by atoms with Gasteiger partial charge in [0.25, 0.3) is 0 Å². The van der Waals surface area contributed by atoms with Crippen LogP contribution in [-0.4, -0.2) is 32.9 Å². The van der Waals surface area contributed by atoms with Gasteiger partial charge in [-0.25, -0.2) is 0 Å². The van der Waals surface area contributed by atoms with E-state index >= 15 is 0 Å². The molecule has 17 heavy (non-hydrogen) atoms. The summed E-state index contributed by atoms with van der Waals surface area (Å²) in [5.41, 5.74) is 2.30. The van der Waals surface area contributed by atoms with Gasteiger partial charge in [0.2, 0.25) is 0 Å². The Morgan fingerprint density at radius 3 is 3.18 bits per heavy atom. The molecule has 0 saturated carbocycles. The first-order valence-electron chi connectivity index (χ1n) is 5.98. The number of hydrogen-bond acceptors (Lipinski definition) is 4. The maximum Gasteiger partial charge on any atom is 0.144 e. The molecule has 2 aliphatic heterocycles. The molecule has 0 amide bonds. The van der Waals surface area contributed by atoms with Gasteiger partial charge >= 0.3 is 0 Å². The van der Waals surface area contributed by atoms with E-state index in [1.807, 2.05) is 12.1 Å². The number of hydrogen-bond donors (Lipinski definition) is 2. The van der Waals surface area contributed by atoms with Crippen LogP contribution < -0.4 is 15.4 Å². The standard InChI is InChI=1S/C13H18N2O2/c1-13-7-14-12-9(4-3-5-10(12)16-2)15-11(13)6-17-8-13/h3-5,11,14-15H,6-8H2,1-2H3. The summed E-state index contributed by atoms with van der Waals surface area (Å²) in [6.45, 7) is 4.73. The van der Waals surface area contributed by atoms with Crippen molar-refractivity contribution in [2.45, 2.75) is 13.0 Å². The van der Waals surface area contributed by atoms with Crippen LogP contribution in [0.15, 0.2) is 18.2 Å². The number of ether oxygens (including phenoxy) is 2. The third-order valence-electron chi connectivity index (χ3n) is 3.80. The predicted molar refractivity (Wildman–Crippen MR) is 67.8 cm³/mol. The van der Waals surface area contributed by atoms with Crippen molar-refractivity contribution >= 4 is 11.4 Å². The van der Waals surface area contributed by atoms with Crippen molar-refractivity contribution in [3.8, 4) is 5.75 Å². The van der Waals surface area contributed by atoms with Crippen LogP contribution in [0, 0.1) is 5.41 Å². The Kier molecular flexibility index (Phi) is 2.40. The van der Waals surface area contributed by atoms with Crippen LogP contribution in [0.1, 0.15) is 6.92 Å². The third kappa shape index (κ3) is 1.63. The molecule has 3 rings (SSSR count). The third-order valence-corrected chi connectivity index (χ3v) is 3.80. The van der Waals surface area contributed by atoms with Gasteiger partial charge in [-0.1, -0.05) is 13.0 Å². The summed E-state index contributed by atoms with van der Waals surface area (Å²) >= 11 is 0. The molecule has 0 aromatic heterocycles. The van der Waals surface area contributed by atoms with E-state index in [4.69, 9.17) is 9.47 Å². The second-order valence-electron chi connectivity index (χ2n) is 5.10. The maximum atomic E-state index is 5.59. The molecule has 1 aromatic rings. The van der Waals surface area contributed by atoms with Crippen molar-refractivity contribution in [3.05, 3.63) is 18.2 Å². The monoisotopic (exact) mass is 234 g/mol. The zero-order valence-corrected chi connectivity index (χ0v) is 10.2. The van der Waals surface area contributed by atoms with Gasteiger partial charge in [-0.05, 0) is 12.1 Å². The SMILES string of the molecule is COc1cccc2c1NCC1(C)COCC1N2. The van der Waals surface area contributed by atoms with Crippen LogP contribution in [0.3, 0.4) is 0 Å². The first-order chi connectivity index (χ1) is 8.23. The van der Waals surface area contributed by atoms with Crippen molar-refractivity contribution in [3.63, 3.8) is 0 Å². The van der Waals surface area contributed by atoms with Gasteiger partial charge in [0.1, 0.15) is 11.4 Å². The van der Waals surface area contributed by atoms with E-state index in [1.54, 1.807) is 7.11 Å². The van der Waals surface area contributed by atoms with Gasteiger partial charge in [-0.2, -0.15) is 0 Å². The summed E-state index contributed by atoms with van der Waals surface area (Å²) in [6, 6.07) is 6.43. The van der Waals surface area contributed by atoms with Gasteiger partial charge in [0.15, 0.2) is 0 Å². The van der Waals surface area contributed by atoms with Gasteiger partial charge in [-0.15, -0.1) is 0 Å². The Labute approximate surface area is 101 Å². The summed E-state index contributed by atoms with van der Waals surface area (Å²) in [7, 11) is 1.70. The maximum absolute atomic E-state index is 5.59. The summed E-state index contributed by atoms with van der Waals surface area (Å²) in [5, 5.41) is 7.06. The fourth-order valence-electron chi connectivity index (χ4n) is 2.58. The number of anilines is 2. The van der Waals surface area contributed by atoms with Crippen LogP contribution in [-0.2, 0) is 4.74 Å². The van der Waals surface area contributed by atoms with E-state index in [-0.39, 0.29) is 5.41 Å². The van der Waals surface area contributed by atoms with Crippen molar-refractivity contribution in [2.75, 3.05) is 37.5 Å². The summed E-state index contributed by atoms with van der Waals surface area (Å²) < 4.78 is 11.0. The minimum absolute atomic E-state index is 0.143. The van der Waals surface area contributed by atoms with Crippen LogP contribution in [0.2, 0.25) is 0 Å². The first kappa shape index (κ1) is 10.7. The van der Waals surface area contributed by atoms with E-state index in [2.05, 4.69) is 23.6 Å². The van der Waals surface area contributed by atoms with Crippen LogP contribution >= 0.6 is 0 Å². The highest BCUT2D eigenvalue weighted by Gasteiger charge is 2.42. The van der Waals surface area contributed by atoms with Gasteiger partial charge in [0.05, 0.1) is 32.1 Å². The molecule has 92 valence electrons.